The number of anilines is 1. The predicted octanol–water partition coefficient (Wildman–Crippen LogP) is 5.81. The summed E-state index contributed by atoms with van der Waals surface area (Å²) < 4.78 is 11.2. The zero-order valence-electron chi connectivity index (χ0n) is 20.5. The van der Waals surface area contributed by atoms with E-state index in [1.54, 1.807) is 49.4 Å². The van der Waals surface area contributed by atoms with Gasteiger partial charge in [0.05, 0.1) is 31.0 Å². The molecular weight excluding hydrogens is 560 g/mol. The first kappa shape index (κ1) is 26.6. The number of aliphatic hydroxyl groups is 1. The highest BCUT2D eigenvalue weighted by molar-refractivity contribution is 9.10. The van der Waals surface area contributed by atoms with Crippen molar-refractivity contribution in [3.8, 4) is 5.75 Å². The number of hydrogen-bond donors (Lipinski definition) is 1. The summed E-state index contributed by atoms with van der Waals surface area (Å²) in [5.41, 5.74) is 1.25. The van der Waals surface area contributed by atoms with Gasteiger partial charge in [-0.05, 0) is 55.3 Å². The zero-order valence-corrected chi connectivity index (χ0v) is 22.9. The van der Waals surface area contributed by atoms with Crippen molar-refractivity contribution < 1.29 is 29.0 Å². The second-order valence-electron chi connectivity index (χ2n) is 8.35. The number of methoxy groups -OCH3 is 1. The molecule has 1 aliphatic heterocycles. The number of ether oxygens (including phenoxy) is 2. The monoisotopic (exact) mass is 584 g/mol. The van der Waals surface area contributed by atoms with Crippen molar-refractivity contribution in [1.82, 2.24) is 4.98 Å². The highest BCUT2D eigenvalue weighted by Gasteiger charge is 2.48. The topological polar surface area (TPSA) is 106 Å². The molecule has 3 aromatic rings. The predicted molar refractivity (Wildman–Crippen MR) is 144 cm³/mol. The smallest absolute Gasteiger partial charge is 0.350 e. The highest BCUT2D eigenvalue weighted by Crippen LogP contribution is 2.44. The number of unbranched alkanes of at least 4 members (excludes halogenated alkanes) is 1. The van der Waals surface area contributed by atoms with Crippen LogP contribution in [0.3, 0.4) is 0 Å². The fraction of sp³-hybridized carbons (Fsp3) is 0.259. The number of aliphatic hydroxyl groups excluding tert-OH is 1. The van der Waals surface area contributed by atoms with Gasteiger partial charge in [-0.2, -0.15) is 0 Å². The molecule has 0 unspecified atom stereocenters. The number of amides is 1. The van der Waals surface area contributed by atoms with Gasteiger partial charge >= 0.3 is 11.9 Å². The molecule has 2 aromatic carbocycles. The Morgan fingerprint density at radius 2 is 1.92 bits per heavy atom. The summed E-state index contributed by atoms with van der Waals surface area (Å²) in [4.78, 5) is 44.7. The number of esters is 1. The van der Waals surface area contributed by atoms with E-state index in [1.807, 2.05) is 6.07 Å². The van der Waals surface area contributed by atoms with Crippen LogP contribution in [0.5, 0.6) is 5.75 Å². The van der Waals surface area contributed by atoms with E-state index in [9.17, 15) is 19.5 Å². The van der Waals surface area contributed by atoms with E-state index in [1.165, 1.54) is 12.0 Å². The largest absolute Gasteiger partial charge is 0.507 e. The fourth-order valence-corrected chi connectivity index (χ4v) is 5.42. The van der Waals surface area contributed by atoms with E-state index in [2.05, 4.69) is 27.8 Å². The summed E-state index contributed by atoms with van der Waals surface area (Å²) in [6.07, 6.45) is 1.93. The van der Waals surface area contributed by atoms with Crippen molar-refractivity contribution in [3.63, 3.8) is 0 Å². The number of carbonyl (C=O) groups excluding carboxylic acids is 3. The van der Waals surface area contributed by atoms with Crippen LogP contribution in [0.1, 0.15) is 52.3 Å². The standard InChI is InChI=1S/C27H25BrN2O6S/c1-4-5-13-36-19-11-9-16(10-12-19)22(31)20-21(17-7-6-8-18(28)14-17)30(25(33)23(20)32)27-29-15(2)24(37-27)26(34)35-3/h6-12,14,21,31H,4-5,13H2,1-3H3/t21-/m0/s1. The van der Waals surface area contributed by atoms with Crippen molar-refractivity contribution in [2.45, 2.75) is 32.7 Å². The maximum absolute atomic E-state index is 13.3. The van der Waals surface area contributed by atoms with Crippen LogP contribution >= 0.6 is 27.3 Å². The van der Waals surface area contributed by atoms with Crippen molar-refractivity contribution in [2.24, 2.45) is 0 Å². The minimum atomic E-state index is -0.964. The Hall–Kier alpha value is -3.50. The molecular formula is C27H25BrN2O6S. The number of halogens is 1. The Bertz CT molecular complexity index is 1380. The summed E-state index contributed by atoms with van der Waals surface area (Å²) in [6.45, 7) is 4.28. The molecule has 2 heterocycles. The number of thiazole rings is 1. The van der Waals surface area contributed by atoms with Crippen LogP contribution in [0.15, 0.2) is 58.6 Å². The van der Waals surface area contributed by atoms with Crippen LogP contribution in [-0.4, -0.2) is 41.5 Å². The second-order valence-corrected chi connectivity index (χ2v) is 10.2. The molecule has 37 heavy (non-hydrogen) atoms. The van der Waals surface area contributed by atoms with Gasteiger partial charge in [0, 0.05) is 10.0 Å². The van der Waals surface area contributed by atoms with E-state index < -0.39 is 23.7 Å². The third-order valence-corrected chi connectivity index (χ3v) is 7.50. The van der Waals surface area contributed by atoms with Gasteiger partial charge in [0.2, 0.25) is 0 Å². The lowest BCUT2D eigenvalue weighted by atomic mass is 9.95. The molecule has 1 N–H and O–H groups in total. The lowest BCUT2D eigenvalue weighted by Crippen LogP contribution is -2.29. The molecule has 1 atom stereocenters. The number of rotatable bonds is 8. The molecule has 1 aromatic heterocycles. The van der Waals surface area contributed by atoms with Gasteiger partial charge in [-0.3, -0.25) is 14.5 Å². The number of Topliss-reactive ketones (excluding diaryl/α,β-unsaturated/α-hetero) is 1. The number of ketones is 1. The maximum atomic E-state index is 13.3. The average molecular weight is 585 g/mol. The van der Waals surface area contributed by atoms with E-state index in [-0.39, 0.29) is 21.3 Å². The first-order valence-electron chi connectivity index (χ1n) is 11.6. The van der Waals surface area contributed by atoms with Crippen LogP contribution in [0, 0.1) is 6.92 Å². The van der Waals surface area contributed by atoms with Gasteiger partial charge in [-0.25, -0.2) is 9.78 Å². The maximum Gasteiger partial charge on any atom is 0.350 e. The molecule has 0 saturated carbocycles. The lowest BCUT2D eigenvalue weighted by Gasteiger charge is -2.23. The Morgan fingerprint density at radius 3 is 2.57 bits per heavy atom. The van der Waals surface area contributed by atoms with E-state index in [0.29, 0.717) is 29.2 Å². The van der Waals surface area contributed by atoms with Crippen LogP contribution in [-0.2, 0) is 14.3 Å². The summed E-state index contributed by atoms with van der Waals surface area (Å²) in [7, 11) is 1.26. The van der Waals surface area contributed by atoms with Gasteiger partial charge in [0.1, 0.15) is 16.4 Å². The highest BCUT2D eigenvalue weighted by atomic mass is 79.9. The van der Waals surface area contributed by atoms with Crippen LogP contribution in [0.4, 0.5) is 5.13 Å². The number of aromatic nitrogens is 1. The number of aryl methyl sites for hydroxylation is 1. The number of hydrogen-bond acceptors (Lipinski definition) is 8. The number of benzene rings is 2. The summed E-state index contributed by atoms with van der Waals surface area (Å²) in [5.74, 6) is -1.96. The van der Waals surface area contributed by atoms with E-state index in [0.717, 1.165) is 28.7 Å². The Kier molecular flexibility index (Phi) is 8.09. The van der Waals surface area contributed by atoms with E-state index >= 15 is 0 Å². The third-order valence-electron chi connectivity index (χ3n) is 5.87. The molecule has 0 bridgehead atoms. The van der Waals surface area contributed by atoms with Gasteiger partial charge in [0.25, 0.3) is 5.78 Å². The molecule has 10 heteroatoms. The number of carbonyl (C=O) groups is 3. The van der Waals surface area contributed by atoms with Gasteiger partial charge < -0.3 is 14.6 Å². The number of nitrogens with zero attached hydrogens (tertiary/aromatic N) is 2. The SMILES string of the molecule is CCCCOc1ccc(C(O)=C2C(=O)C(=O)N(c3nc(C)c(C(=O)OC)s3)[C@H]2c2cccc(Br)c2)cc1. The molecule has 8 nitrogen and oxygen atoms in total. The summed E-state index contributed by atoms with van der Waals surface area (Å²) in [5, 5.41) is 11.5. The molecule has 0 aliphatic carbocycles. The van der Waals surface area contributed by atoms with Crippen LogP contribution in [0.25, 0.3) is 5.76 Å². The van der Waals surface area contributed by atoms with Crippen LogP contribution < -0.4 is 9.64 Å². The molecule has 192 valence electrons. The minimum absolute atomic E-state index is 0.0739. The van der Waals surface area contributed by atoms with Gasteiger partial charge in [0.15, 0.2) is 5.13 Å². The average Bonchev–Trinajstić information content (AvgIpc) is 3.40. The van der Waals surface area contributed by atoms with Gasteiger partial charge in [-0.1, -0.05) is 52.7 Å². The van der Waals surface area contributed by atoms with Crippen molar-refractivity contribution >= 4 is 55.8 Å². The molecule has 0 radical (unpaired) electrons. The molecule has 4 rings (SSSR count). The lowest BCUT2D eigenvalue weighted by molar-refractivity contribution is -0.132. The second kappa shape index (κ2) is 11.3. The van der Waals surface area contributed by atoms with Crippen molar-refractivity contribution in [2.75, 3.05) is 18.6 Å². The van der Waals surface area contributed by atoms with Crippen molar-refractivity contribution in [3.05, 3.63) is 80.3 Å². The summed E-state index contributed by atoms with van der Waals surface area (Å²) >= 11 is 4.39. The van der Waals surface area contributed by atoms with Crippen LogP contribution in [0.2, 0.25) is 0 Å². The molecule has 1 saturated heterocycles. The molecule has 1 amide bonds. The first-order valence-corrected chi connectivity index (χ1v) is 13.2. The zero-order chi connectivity index (χ0) is 26.7. The Labute approximate surface area is 226 Å². The summed E-state index contributed by atoms with van der Waals surface area (Å²) in [6, 6.07) is 12.9. The minimum Gasteiger partial charge on any atom is -0.507 e. The molecule has 1 fully saturated rings. The first-order chi connectivity index (χ1) is 17.8. The van der Waals surface area contributed by atoms with E-state index in [4.69, 9.17) is 9.47 Å². The molecule has 1 aliphatic rings. The normalized spacial score (nSPS) is 16.8. The Balaban J connectivity index is 1.82. The van der Waals surface area contributed by atoms with Crippen molar-refractivity contribution in [1.29, 1.82) is 0 Å². The quantitative estimate of drug-likeness (QED) is 0.117. The molecule has 0 spiro atoms. The Morgan fingerprint density at radius 1 is 1.19 bits per heavy atom. The fourth-order valence-electron chi connectivity index (χ4n) is 3.99. The van der Waals surface area contributed by atoms with Gasteiger partial charge in [-0.15, -0.1) is 0 Å². The third kappa shape index (κ3) is 5.30.